The number of nitrogens with zero attached hydrogens (tertiary/aromatic N) is 1. The molecule has 1 aromatic carbocycles. The second-order valence-electron chi connectivity index (χ2n) is 4.52. The van der Waals surface area contributed by atoms with Gasteiger partial charge in [0.25, 0.3) is 5.91 Å². The molecule has 0 saturated heterocycles. The van der Waals surface area contributed by atoms with Gasteiger partial charge in [0.15, 0.2) is 0 Å². The minimum atomic E-state index is -0.718. The average molecular weight is 311 g/mol. The fourth-order valence-electron chi connectivity index (χ4n) is 2.11. The molecule has 0 N–H and O–H groups in total. The van der Waals surface area contributed by atoms with Gasteiger partial charge in [-0.1, -0.05) is 12.1 Å². The van der Waals surface area contributed by atoms with Gasteiger partial charge in [-0.15, -0.1) is 11.8 Å². The van der Waals surface area contributed by atoms with Crippen LogP contribution < -0.4 is 4.90 Å². The quantitative estimate of drug-likeness (QED) is 0.596. The minimum Gasteiger partial charge on any atom is -0.467 e. The molecule has 0 aliphatic heterocycles. The van der Waals surface area contributed by atoms with Crippen molar-refractivity contribution in [1.29, 1.82) is 0 Å². The number of esters is 1. The second-order valence-corrected chi connectivity index (χ2v) is 5.37. The monoisotopic (exact) mass is 311 g/mol. The summed E-state index contributed by atoms with van der Waals surface area (Å²) in [4.78, 5) is 26.7. The molecule has 1 atom stereocenters. The van der Waals surface area contributed by atoms with Crippen molar-refractivity contribution in [2.45, 2.75) is 24.8 Å². The number of hydrogen-bond donors (Lipinski definition) is 0. The maximum Gasteiger partial charge on any atom is 0.328 e. The Balaban J connectivity index is 3.37. The van der Waals surface area contributed by atoms with Crippen molar-refractivity contribution in [2.75, 3.05) is 32.0 Å². The van der Waals surface area contributed by atoms with E-state index in [1.54, 1.807) is 6.92 Å². The van der Waals surface area contributed by atoms with Crippen LogP contribution in [0.2, 0.25) is 0 Å². The van der Waals surface area contributed by atoms with E-state index in [1.807, 2.05) is 31.4 Å². The number of ether oxygens (including phenoxy) is 2. The summed E-state index contributed by atoms with van der Waals surface area (Å²) < 4.78 is 9.71. The number of amides is 1. The van der Waals surface area contributed by atoms with Crippen molar-refractivity contribution in [1.82, 2.24) is 0 Å². The van der Waals surface area contributed by atoms with Crippen LogP contribution in [0.3, 0.4) is 0 Å². The molecule has 1 aromatic rings. The summed E-state index contributed by atoms with van der Waals surface area (Å²) in [6.07, 6.45) is 1.93. The number of aryl methyl sites for hydroxylation is 1. The highest BCUT2D eigenvalue weighted by atomic mass is 32.2. The van der Waals surface area contributed by atoms with E-state index in [4.69, 9.17) is 9.47 Å². The van der Waals surface area contributed by atoms with Gasteiger partial charge in [-0.25, -0.2) is 4.79 Å². The van der Waals surface area contributed by atoms with Gasteiger partial charge in [0.1, 0.15) is 12.6 Å². The lowest BCUT2D eigenvalue weighted by Gasteiger charge is -2.30. The van der Waals surface area contributed by atoms with Crippen LogP contribution in [0.4, 0.5) is 5.69 Å². The smallest absolute Gasteiger partial charge is 0.328 e. The summed E-state index contributed by atoms with van der Waals surface area (Å²) in [5.74, 6) is -0.741. The third-order valence-corrected chi connectivity index (χ3v) is 3.90. The molecule has 0 aliphatic rings. The van der Waals surface area contributed by atoms with Crippen LogP contribution >= 0.6 is 11.8 Å². The van der Waals surface area contributed by atoms with Gasteiger partial charge in [-0.2, -0.15) is 0 Å². The van der Waals surface area contributed by atoms with E-state index in [0.717, 1.165) is 16.1 Å². The average Bonchev–Trinajstić information content (AvgIpc) is 2.48. The zero-order valence-electron chi connectivity index (χ0n) is 13.0. The summed E-state index contributed by atoms with van der Waals surface area (Å²) in [6, 6.07) is 5.03. The van der Waals surface area contributed by atoms with Gasteiger partial charge < -0.3 is 9.47 Å². The first-order valence-electron chi connectivity index (χ1n) is 6.50. The molecule has 0 bridgehead atoms. The van der Waals surface area contributed by atoms with Gasteiger partial charge in [0.05, 0.1) is 12.8 Å². The van der Waals surface area contributed by atoms with Gasteiger partial charge in [-0.3, -0.25) is 9.69 Å². The summed E-state index contributed by atoms with van der Waals surface area (Å²) in [5, 5.41) is 0. The highest BCUT2D eigenvalue weighted by molar-refractivity contribution is 7.98. The van der Waals surface area contributed by atoms with E-state index in [2.05, 4.69) is 0 Å². The van der Waals surface area contributed by atoms with E-state index >= 15 is 0 Å². The van der Waals surface area contributed by atoms with Crippen molar-refractivity contribution >= 4 is 29.3 Å². The molecule has 0 saturated carbocycles. The topological polar surface area (TPSA) is 55.8 Å². The van der Waals surface area contributed by atoms with Crippen LogP contribution in [0.15, 0.2) is 23.1 Å². The van der Waals surface area contributed by atoms with Crippen LogP contribution in [-0.4, -0.2) is 45.0 Å². The van der Waals surface area contributed by atoms with Gasteiger partial charge in [-0.05, 0) is 31.7 Å². The number of anilines is 1. The molecular weight excluding hydrogens is 290 g/mol. The summed E-state index contributed by atoms with van der Waals surface area (Å²) in [5.41, 5.74) is 1.65. The number of hydrogen-bond acceptors (Lipinski definition) is 5. The Morgan fingerprint density at radius 2 is 2.00 bits per heavy atom. The predicted octanol–water partition coefficient (Wildman–Crippen LogP) is 2.26. The number of para-hydroxylation sites is 1. The molecule has 5 nitrogen and oxygen atoms in total. The lowest BCUT2D eigenvalue weighted by atomic mass is 10.1. The number of carbonyl (C=O) groups is 2. The molecule has 0 unspecified atom stereocenters. The maximum absolute atomic E-state index is 12.4. The Hall–Kier alpha value is -1.53. The molecule has 6 heteroatoms. The fraction of sp³-hybridized carbons (Fsp3) is 0.467. The molecule has 0 fully saturated rings. The highest BCUT2D eigenvalue weighted by Gasteiger charge is 2.30. The Kier molecular flexibility index (Phi) is 6.71. The van der Waals surface area contributed by atoms with Crippen LogP contribution in [0.1, 0.15) is 12.5 Å². The summed E-state index contributed by atoms with van der Waals surface area (Å²) >= 11 is 1.52. The van der Waals surface area contributed by atoms with Gasteiger partial charge in [0.2, 0.25) is 0 Å². The van der Waals surface area contributed by atoms with Crippen LogP contribution in [0, 0.1) is 6.92 Å². The molecular formula is C15H21NO4S. The standard InChI is InChI=1S/C15H21NO4S/c1-10-7-6-8-12(21-5)14(10)16(13(17)9-19-3)11(2)15(18)20-4/h6-8,11H,9H2,1-5H3/t11-/m0/s1. The number of methoxy groups -OCH3 is 2. The molecule has 0 spiro atoms. The number of thioether (sulfide) groups is 1. The van der Waals surface area contributed by atoms with E-state index in [1.165, 1.54) is 30.9 Å². The third-order valence-electron chi connectivity index (χ3n) is 3.13. The first-order valence-corrected chi connectivity index (χ1v) is 7.72. The van der Waals surface area contributed by atoms with Crippen LogP contribution in [0.5, 0.6) is 0 Å². The van der Waals surface area contributed by atoms with E-state index in [9.17, 15) is 9.59 Å². The highest BCUT2D eigenvalue weighted by Crippen LogP contribution is 2.33. The number of carbonyl (C=O) groups excluding carboxylic acids is 2. The zero-order chi connectivity index (χ0) is 16.0. The summed E-state index contributed by atoms with van der Waals surface area (Å²) in [6.45, 7) is 3.46. The van der Waals surface area contributed by atoms with E-state index < -0.39 is 12.0 Å². The van der Waals surface area contributed by atoms with Crippen molar-refractivity contribution < 1.29 is 19.1 Å². The Bertz CT molecular complexity index is 518. The Morgan fingerprint density at radius 3 is 2.52 bits per heavy atom. The van der Waals surface area contributed by atoms with Gasteiger partial charge >= 0.3 is 5.97 Å². The van der Waals surface area contributed by atoms with Crippen LogP contribution in [0.25, 0.3) is 0 Å². The Labute approximate surface area is 129 Å². The lowest BCUT2D eigenvalue weighted by molar-refractivity contribution is -0.143. The first-order chi connectivity index (χ1) is 9.97. The predicted molar refractivity (Wildman–Crippen MR) is 83.8 cm³/mol. The van der Waals surface area contributed by atoms with Crippen LogP contribution in [-0.2, 0) is 19.1 Å². The largest absolute Gasteiger partial charge is 0.467 e. The lowest BCUT2D eigenvalue weighted by Crippen LogP contribution is -2.46. The van der Waals surface area contributed by atoms with E-state index in [-0.39, 0.29) is 12.5 Å². The summed E-state index contributed by atoms with van der Waals surface area (Å²) in [7, 11) is 2.76. The van der Waals surface area contributed by atoms with Gasteiger partial charge in [0, 0.05) is 12.0 Å². The molecule has 1 rings (SSSR count). The van der Waals surface area contributed by atoms with Crippen molar-refractivity contribution in [3.63, 3.8) is 0 Å². The minimum absolute atomic E-state index is 0.0938. The molecule has 21 heavy (non-hydrogen) atoms. The zero-order valence-corrected chi connectivity index (χ0v) is 13.8. The fourth-order valence-corrected chi connectivity index (χ4v) is 2.78. The SMILES string of the molecule is COCC(=O)N(c1c(C)cccc1SC)[C@@H](C)C(=O)OC. The maximum atomic E-state index is 12.4. The molecule has 1 amide bonds. The Morgan fingerprint density at radius 1 is 1.33 bits per heavy atom. The number of benzene rings is 1. The van der Waals surface area contributed by atoms with Crippen molar-refractivity contribution in [3.8, 4) is 0 Å². The molecule has 0 aromatic heterocycles. The molecule has 0 heterocycles. The van der Waals surface area contributed by atoms with Crippen molar-refractivity contribution in [2.24, 2.45) is 0 Å². The van der Waals surface area contributed by atoms with E-state index in [0.29, 0.717) is 0 Å². The van der Waals surface area contributed by atoms with Crippen molar-refractivity contribution in [3.05, 3.63) is 23.8 Å². The first kappa shape index (κ1) is 17.5. The third kappa shape index (κ3) is 3.98. The number of rotatable bonds is 6. The molecule has 116 valence electrons. The normalized spacial score (nSPS) is 11.9. The molecule has 0 radical (unpaired) electrons. The molecule has 0 aliphatic carbocycles. The second kappa shape index (κ2) is 8.05.